The third-order valence-electron chi connectivity index (χ3n) is 4.65. The minimum Gasteiger partial charge on any atom is -0.330 e. The molecule has 1 saturated heterocycles. The van der Waals surface area contributed by atoms with Crippen molar-refractivity contribution in [2.45, 2.75) is 32.2 Å². The van der Waals surface area contributed by atoms with E-state index in [1.807, 2.05) is 11.0 Å². The van der Waals surface area contributed by atoms with Crippen molar-refractivity contribution in [3.05, 3.63) is 64.0 Å². The molecule has 7 heteroatoms. The van der Waals surface area contributed by atoms with Gasteiger partial charge in [0.2, 0.25) is 0 Å². The van der Waals surface area contributed by atoms with E-state index < -0.39 is 0 Å². The van der Waals surface area contributed by atoms with E-state index >= 15 is 0 Å². The second-order valence-corrected chi connectivity index (χ2v) is 6.39. The monoisotopic (exact) mass is 337 g/mol. The summed E-state index contributed by atoms with van der Waals surface area (Å²) >= 11 is 0. The summed E-state index contributed by atoms with van der Waals surface area (Å²) in [7, 11) is 0. The summed E-state index contributed by atoms with van der Waals surface area (Å²) in [5.74, 6) is -0.0118. The lowest BCUT2D eigenvalue weighted by Crippen LogP contribution is -2.38. The highest BCUT2D eigenvalue weighted by Gasteiger charge is 2.30. The quantitative estimate of drug-likeness (QED) is 0.776. The van der Waals surface area contributed by atoms with E-state index in [0.29, 0.717) is 23.4 Å². The van der Waals surface area contributed by atoms with Gasteiger partial charge in [-0.15, -0.1) is 0 Å². The molecule has 1 aliphatic heterocycles. The molecule has 0 saturated carbocycles. The van der Waals surface area contributed by atoms with E-state index in [4.69, 9.17) is 0 Å². The Kier molecular flexibility index (Phi) is 3.83. The number of hydrogen-bond donors (Lipinski definition) is 1. The zero-order valence-electron chi connectivity index (χ0n) is 14.0. The number of likely N-dealkylation sites (tertiary alicyclic amines) is 1. The molecule has 1 amide bonds. The van der Waals surface area contributed by atoms with Crippen molar-refractivity contribution >= 4 is 11.6 Å². The fraction of sp³-hybridized carbons (Fsp3) is 0.333. The normalized spacial score (nSPS) is 17.8. The van der Waals surface area contributed by atoms with Crippen molar-refractivity contribution in [3.63, 3.8) is 0 Å². The molecule has 0 aliphatic carbocycles. The maximum Gasteiger partial charge on any atom is 0.272 e. The fourth-order valence-corrected chi connectivity index (χ4v) is 3.46. The summed E-state index contributed by atoms with van der Waals surface area (Å²) < 4.78 is 1.44. The van der Waals surface area contributed by atoms with Gasteiger partial charge in [-0.05, 0) is 38.3 Å². The van der Waals surface area contributed by atoms with Gasteiger partial charge in [-0.2, -0.15) is 0 Å². The number of aromatic amines is 1. The van der Waals surface area contributed by atoms with Gasteiger partial charge in [-0.25, -0.2) is 9.50 Å². The van der Waals surface area contributed by atoms with Crippen LogP contribution in [0.5, 0.6) is 0 Å². The molecule has 1 fully saturated rings. The number of hydrogen-bond acceptors (Lipinski definition) is 4. The lowest BCUT2D eigenvalue weighted by Gasteiger charge is -2.35. The molecule has 0 bridgehead atoms. The molecule has 1 N–H and O–H groups in total. The van der Waals surface area contributed by atoms with Crippen molar-refractivity contribution in [3.8, 4) is 0 Å². The van der Waals surface area contributed by atoms with E-state index in [1.54, 1.807) is 31.5 Å². The maximum absolute atomic E-state index is 12.9. The zero-order valence-corrected chi connectivity index (χ0v) is 14.0. The van der Waals surface area contributed by atoms with Crippen LogP contribution in [0.3, 0.4) is 0 Å². The minimum absolute atomic E-state index is 0.0118. The highest BCUT2D eigenvalue weighted by atomic mass is 16.2. The van der Waals surface area contributed by atoms with Gasteiger partial charge >= 0.3 is 0 Å². The van der Waals surface area contributed by atoms with E-state index in [1.165, 1.54) is 10.6 Å². The predicted octanol–water partition coefficient (Wildman–Crippen LogP) is 2.09. The van der Waals surface area contributed by atoms with Gasteiger partial charge in [-0.1, -0.05) is 0 Å². The third-order valence-corrected chi connectivity index (χ3v) is 4.65. The predicted molar refractivity (Wildman–Crippen MR) is 92.4 cm³/mol. The van der Waals surface area contributed by atoms with E-state index in [0.717, 1.165) is 25.0 Å². The molecule has 4 heterocycles. The standard InChI is InChI=1S/C18H19N5O2/c1-12-10-17(24)23-16(20-12)11-14(21-23)15-4-2-3-9-22(15)18(25)13-5-7-19-8-6-13/h5-8,10-11,15,21H,2-4,9H2,1H3/t15-/m0/s1. The fourth-order valence-electron chi connectivity index (χ4n) is 3.46. The van der Waals surface area contributed by atoms with Crippen LogP contribution in [-0.2, 0) is 0 Å². The molecule has 25 heavy (non-hydrogen) atoms. The van der Waals surface area contributed by atoms with E-state index in [2.05, 4.69) is 15.1 Å². The summed E-state index contributed by atoms with van der Waals surface area (Å²) in [5.41, 5.74) is 2.60. The lowest BCUT2D eigenvalue weighted by atomic mass is 9.98. The summed E-state index contributed by atoms with van der Waals surface area (Å²) in [6.07, 6.45) is 6.13. The number of nitrogens with one attached hydrogen (secondary N) is 1. The van der Waals surface area contributed by atoms with Crippen LogP contribution in [0.25, 0.3) is 5.65 Å². The molecule has 0 unspecified atom stereocenters. The van der Waals surface area contributed by atoms with Gasteiger partial charge in [0.15, 0.2) is 5.65 Å². The van der Waals surface area contributed by atoms with Crippen LogP contribution < -0.4 is 5.56 Å². The highest BCUT2D eigenvalue weighted by molar-refractivity contribution is 5.94. The van der Waals surface area contributed by atoms with E-state index in [-0.39, 0.29) is 17.5 Å². The number of amides is 1. The SMILES string of the molecule is Cc1cc(=O)n2[nH]c([C@@H]3CCCCN3C(=O)c3ccncc3)cc2n1. The topological polar surface area (TPSA) is 83.4 Å². The van der Waals surface area contributed by atoms with Gasteiger partial charge in [0.25, 0.3) is 11.5 Å². The number of piperidine rings is 1. The average molecular weight is 337 g/mol. The molecule has 0 aromatic carbocycles. The van der Waals surface area contributed by atoms with Gasteiger partial charge in [0, 0.05) is 42.3 Å². The summed E-state index contributed by atoms with van der Waals surface area (Å²) in [4.78, 5) is 35.3. The van der Waals surface area contributed by atoms with Crippen molar-refractivity contribution in [1.29, 1.82) is 0 Å². The van der Waals surface area contributed by atoms with Crippen LogP contribution >= 0.6 is 0 Å². The van der Waals surface area contributed by atoms with Gasteiger partial charge in [-0.3, -0.25) is 19.7 Å². The average Bonchev–Trinajstić information content (AvgIpc) is 3.06. The maximum atomic E-state index is 12.9. The Bertz CT molecular complexity index is 976. The number of pyridine rings is 1. The van der Waals surface area contributed by atoms with Crippen LogP contribution in [0.4, 0.5) is 0 Å². The van der Waals surface area contributed by atoms with Crippen LogP contribution in [-0.4, -0.2) is 36.9 Å². The molecule has 7 nitrogen and oxygen atoms in total. The number of nitrogens with zero attached hydrogens (tertiary/aromatic N) is 4. The second-order valence-electron chi connectivity index (χ2n) is 6.39. The molecule has 0 radical (unpaired) electrons. The van der Waals surface area contributed by atoms with Crippen LogP contribution in [0.15, 0.2) is 41.5 Å². The Morgan fingerprint density at radius 3 is 2.84 bits per heavy atom. The van der Waals surface area contributed by atoms with Crippen molar-refractivity contribution in [2.24, 2.45) is 0 Å². The summed E-state index contributed by atoms with van der Waals surface area (Å²) in [5, 5.41) is 3.13. The first-order valence-corrected chi connectivity index (χ1v) is 8.44. The molecule has 1 atom stereocenters. The molecule has 3 aromatic heterocycles. The van der Waals surface area contributed by atoms with Gasteiger partial charge in [0.1, 0.15) is 0 Å². The van der Waals surface area contributed by atoms with Crippen molar-refractivity contribution in [1.82, 2.24) is 24.5 Å². The summed E-state index contributed by atoms with van der Waals surface area (Å²) in [6, 6.07) is 6.74. The Labute approximate surface area is 144 Å². The van der Waals surface area contributed by atoms with Gasteiger partial charge in [0.05, 0.1) is 11.7 Å². The van der Waals surface area contributed by atoms with E-state index in [9.17, 15) is 9.59 Å². The highest BCUT2D eigenvalue weighted by Crippen LogP contribution is 2.31. The van der Waals surface area contributed by atoms with Gasteiger partial charge < -0.3 is 4.90 Å². The number of fused-ring (bicyclic) bond motifs is 1. The number of rotatable bonds is 2. The first kappa shape index (κ1) is 15.6. The Hall–Kier alpha value is -2.96. The Morgan fingerprint density at radius 2 is 2.04 bits per heavy atom. The molecular formula is C18H19N5O2. The largest absolute Gasteiger partial charge is 0.330 e. The first-order valence-electron chi connectivity index (χ1n) is 8.44. The zero-order chi connectivity index (χ0) is 17.4. The number of carbonyl (C=O) groups is 1. The number of carbonyl (C=O) groups excluding carboxylic acids is 1. The number of aromatic nitrogens is 4. The van der Waals surface area contributed by atoms with Crippen molar-refractivity contribution in [2.75, 3.05) is 6.54 Å². The Balaban J connectivity index is 1.73. The number of H-pyrrole nitrogens is 1. The molecule has 128 valence electrons. The van der Waals surface area contributed by atoms with Crippen molar-refractivity contribution < 1.29 is 4.79 Å². The second kappa shape index (κ2) is 6.16. The molecule has 1 aliphatic rings. The molecule has 0 spiro atoms. The molecule has 4 rings (SSSR count). The first-order chi connectivity index (χ1) is 12.1. The smallest absolute Gasteiger partial charge is 0.272 e. The van der Waals surface area contributed by atoms with Crippen LogP contribution in [0.1, 0.15) is 47.1 Å². The minimum atomic E-state index is -0.142. The van der Waals surface area contributed by atoms with Crippen LogP contribution in [0, 0.1) is 6.92 Å². The lowest BCUT2D eigenvalue weighted by molar-refractivity contribution is 0.0605. The molecular weight excluding hydrogens is 318 g/mol. The van der Waals surface area contributed by atoms with Crippen LogP contribution in [0.2, 0.25) is 0 Å². The summed E-state index contributed by atoms with van der Waals surface area (Å²) in [6.45, 7) is 2.50. The molecule has 3 aromatic rings. The number of aryl methyl sites for hydroxylation is 1. The third kappa shape index (κ3) is 2.82. The Morgan fingerprint density at radius 1 is 1.24 bits per heavy atom.